The Morgan fingerprint density at radius 2 is 1.59 bits per heavy atom. The number of carbonyl (C=O) groups excluding carboxylic acids is 3. The van der Waals surface area contributed by atoms with Gasteiger partial charge in [-0.1, -0.05) is 33.1 Å². The molecule has 0 unspecified atom stereocenters. The van der Waals surface area contributed by atoms with Crippen LogP contribution in [0.1, 0.15) is 59.3 Å². The molecule has 3 amide bonds. The molecule has 1 saturated carbocycles. The number of piperazine rings is 1. The summed E-state index contributed by atoms with van der Waals surface area (Å²) in [5.41, 5.74) is 0. The number of nitrogens with zero attached hydrogens (tertiary/aromatic N) is 2. The van der Waals surface area contributed by atoms with Gasteiger partial charge in [0.25, 0.3) is 0 Å². The van der Waals surface area contributed by atoms with Crippen molar-refractivity contribution in [3.05, 3.63) is 0 Å². The van der Waals surface area contributed by atoms with E-state index in [4.69, 9.17) is 4.74 Å². The molecule has 1 atom stereocenters. The molecule has 1 heterocycles. The average Bonchev–Trinajstić information content (AvgIpc) is 2.67. The fourth-order valence-electron chi connectivity index (χ4n) is 3.89. The van der Waals surface area contributed by atoms with Crippen LogP contribution in [0.4, 0.5) is 4.79 Å². The minimum atomic E-state index is -0.478. The van der Waals surface area contributed by atoms with Crippen LogP contribution in [0, 0.1) is 11.8 Å². The first-order valence-corrected chi connectivity index (χ1v) is 10.4. The molecule has 0 aromatic rings. The monoisotopic (exact) mass is 381 g/mol. The van der Waals surface area contributed by atoms with Crippen molar-refractivity contribution in [3.63, 3.8) is 0 Å². The predicted molar refractivity (Wildman–Crippen MR) is 103 cm³/mol. The normalized spacial score (nSPS) is 19.7. The largest absolute Gasteiger partial charge is 0.450 e. The summed E-state index contributed by atoms with van der Waals surface area (Å²) in [4.78, 5) is 40.9. The lowest BCUT2D eigenvalue weighted by molar-refractivity contribution is -0.139. The Bertz CT molecular complexity index is 509. The summed E-state index contributed by atoms with van der Waals surface area (Å²) in [5.74, 6) is 0.350. The number of hydrogen-bond donors (Lipinski definition) is 1. The number of ether oxygens (including phenoxy) is 1. The smallest absolute Gasteiger partial charge is 0.409 e. The summed E-state index contributed by atoms with van der Waals surface area (Å²) in [6, 6.07) is -0.478. The second kappa shape index (κ2) is 10.5. The van der Waals surface area contributed by atoms with Crippen LogP contribution >= 0.6 is 0 Å². The van der Waals surface area contributed by atoms with Crippen LogP contribution in [0.15, 0.2) is 0 Å². The van der Waals surface area contributed by atoms with Gasteiger partial charge in [0.1, 0.15) is 6.04 Å². The zero-order chi connectivity index (χ0) is 19.8. The van der Waals surface area contributed by atoms with Gasteiger partial charge in [0.15, 0.2) is 0 Å². The van der Waals surface area contributed by atoms with Crippen LogP contribution in [0.3, 0.4) is 0 Å². The second-order valence-electron chi connectivity index (χ2n) is 8.04. The second-order valence-corrected chi connectivity index (χ2v) is 8.04. The van der Waals surface area contributed by atoms with E-state index >= 15 is 0 Å². The van der Waals surface area contributed by atoms with E-state index in [1.165, 1.54) is 6.42 Å². The summed E-state index contributed by atoms with van der Waals surface area (Å²) in [7, 11) is 0. The maximum Gasteiger partial charge on any atom is 0.409 e. The van der Waals surface area contributed by atoms with E-state index in [0.29, 0.717) is 45.1 Å². The minimum absolute atomic E-state index is 0.0267. The molecule has 2 aliphatic rings. The molecule has 0 spiro atoms. The van der Waals surface area contributed by atoms with Gasteiger partial charge in [0.05, 0.1) is 6.61 Å². The fourth-order valence-corrected chi connectivity index (χ4v) is 3.89. The molecule has 0 bridgehead atoms. The van der Waals surface area contributed by atoms with Crippen molar-refractivity contribution in [2.24, 2.45) is 11.8 Å². The molecule has 7 nitrogen and oxygen atoms in total. The van der Waals surface area contributed by atoms with Crippen molar-refractivity contribution in [2.75, 3.05) is 32.8 Å². The van der Waals surface area contributed by atoms with Crippen LogP contribution in [0.2, 0.25) is 0 Å². The Kier molecular flexibility index (Phi) is 8.38. The molecule has 1 N–H and O–H groups in total. The van der Waals surface area contributed by atoms with Gasteiger partial charge >= 0.3 is 6.09 Å². The molecule has 2 rings (SSSR count). The molecule has 0 aromatic carbocycles. The van der Waals surface area contributed by atoms with Gasteiger partial charge < -0.3 is 19.9 Å². The topological polar surface area (TPSA) is 79.0 Å². The maximum absolute atomic E-state index is 13.0. The molecule has 2 fully saturated rings. The highest BCUT2D eigenvalue weighted by Gasteiger charge is 2.32. The molecule has 154 valence electrons. The van der Waals surface area contributed by atoms with E-state index in [-0.39, 0.29) is 23.8 Å². The lowest BCUT2D eigenvalue weighted by Crippen LogP contribution is -2.56. The summed E-state index contributed by atoms with van der Waals surface area (Å²) in [6.45, 7) is 8.14. The van der Waals surface area contributed by atoms with Crippen LogP contribution in [0.25, 0.3) is 0 Å². The van der Waals surface area contributed by atoms with Gasteiger partial charge in [-0.05, 0) is 32.1 Å². The average molecular weight is 382 g/mol. The van der Waals surface area contributed by atoms with Gasteiger partial charge in [0.2, 0.25) is 11.8 Å². The summed E-state index contributed by atoms with van der Waals surface area (Å²) < 4.78 is 5.02. The quantitative estimate of drug-likeness (QED) is 0.766. The molecule has 0 radical (unpaired) electrons. The first-order chi connectivity index (χ1) is 12.9. The lowest BCUT2D eigenvalue weighted by atomic mass is 9.88. The van der Waals surface area contributed by atoms with Gasteiger partial charge in [-0.2, -0.15) is 0 Å². The van der Waals surface area contributed by atoms with Crippen molar-refractivity contribution in [1.82, 2.24) is 15.1 Å². The van der Waals surface area contributed by atoms with Crippen LogP contribution in [0.5, 0.6) is 0 Å². The third-order valence-electron chi connectivity index (χ3n) is 5.42. The third kappa shape index (κ3) is 6.40. The molecule has 1 aliphatic heterocycles. The first kappa shape index (κ1) is 21.5. The Hall–Kier alpha value is -1.79. The van der Waals surface area contributed by atoms with Gasteiger partial charge in [-0.15, -0.1) is 0 Å². The summed E-state index contributed by atoms with van der Waals surface area (Å²) in [6.07, 6.45) is 5.54. The standard InChI is InChI=1S/C20H35N3O4/c1-4-27-20(26)23-12-10-22(11-13-23)19(25)17(14-15(2)3)21-18(24)16-8-6-5-7-9-16/h15-17H,4-14H2,1-3H3,(H,21,24)/t17-/m0/s1. The van der Waals surface area contributed by atoms with Crippen LogP contribution < -0.4 is 5.32 Å². The Morgan fingerprint density at radius 1 is 1.00 bits per heavy atom. The van der Waals surface area contributed by atoms with Crippen molar-refractivity contribution in [1.29, 1.82) is 0 Å². The van der Waals surface area contributed by atoms with Crippen molar-refractivity contribution in [2.45, 2.75) is 65.3 Å². The maximum atomic E-state index is 13.0. The molecule has 1 aliphatic carbocycles. The zero-order valence-electron chi connectivity index (χ0n) is 17.0. The molecule has 7 heteroatoms. The van der Waals surface area contributed by atoms with Crippen molar-refractivity contribution in [3.8, 4) is 0 Å². The third-order valence-corrected chi connectivity index (χ3v) is 5.42. The molecular formula is C20H35N3O4. The summed E-state index contributed by atoms with van der Waals surface area (Å²) >= 11 is 0. The Morgan fingerprint density at radius 3 is 2.15 bits per heavy atom. The highest BCUT2D eigenvalue weighted by atomic mass is 16.6. The number of carbonyl (C=O) groups is 3. The number of rotatable bonds is 6. The van der Waals surface area contributed by atoms with Crippen molar-refractivity contribution < 1.29 is 19.1 Å². The van der Waals surface area contributed by atoms with Gasteiger partial charge in [-0.25, -0.2) is 4.79 Å². The van der Waals surface area contributed by atoms with E-state index in [1.54, 1.807) is 16.7 Å². The fraction of sp³-hybridized carbons (Fsp3) is 0.850. The minimum Gasteiger partial charge on any atom is -0.450 e. The number of nitrogens with one attached hydrogen (secondary N) is 1. The van der Waals surface area contributed by atoms with E-state index in [2.05, 4.69) is 19.2 Å². The zero-order valence-corrected chi connectivity index (χ0v) is 17.0. The number of amides is 3. The molecule has 27 heavy (non-hydrogen) atoms. The predicted octanol–water partition coefficient (Wildman–Crippen LogP) is 2.40. The molecular weight excluding hydrogens is 346 g/mol. The molecule has 1 saturated heterocycles. The van der Waals surface area contributed by atoms with E-state index < -0.39 is 6.04 Å². The Balaban J connectivity index is 1.92. The van der Waals surface area contributed by atoms with Crippen molar-refractivity contribution >= 4 is 17.9 Å². The highest BCUT2D eigenvalue weighted by molar-refractivity contribution is 5.88. The van der Waals surface area contributed by atoms with Crippen LogP contribution in [-0.4, -0.2) is 66.5 Å². The lowest BCUT2D eigenvalue weighted by Gasteiger charge is -2.36. The SMILES string of the molecule is CCOC(=O)N1CCN(C(=O)[C@H](CC(C)C)NC(=O)C2CCCCC2)CC1. The van der Waals surface area contributed by atoms with Gasteiger partial charge in [0, 0.05) is 32.1 Å². The van der Waals surface area contributed by atoms with E-state index in [9.17, 15) is 14.4 Å². The van der Waals surface area contributed by atoms with E-state index in [0.717, 1.165) is 25.7 Å². The highest BCUT2D eigenvalue weighted by Crippen LogP contribution is 2.24. The van der Waals surface area contributed by atoms with E-state index in [1.807, 2.05) is 0 Å². The summed E-state index contributed by atoms with van der Waals surface area (Å²) in [5, 5.41) is 3.03. The van der Waals surface area contributed by atoms with Gasteiger partial charge in [-0.3, -0.25) is 9.59 Å². The van der Waals surface area contributed by atoms with Crippen LogP contribution in [-0.2, 0) is 14.3 Å². The first-order valence-electron chi connectivity index (χ1n) is 10.4. The molecule has 0 aromatic heterocycles. The number of hydrogen-bond acceptors (Lipinski definition) is 4. The Labute approximate surface area is 162 Å².